The number of aryl methyl sites for hydroxylation is 1. The van der Waals surface area contributed by atoms with Gasteiger partial charge in [-0.25, -0.2) is 0 Å². The molecule has 6 heteroatoms. The quantitative estimate of drug-likeness (QED) is 0.690. The zero-order chi connectivity index (χ0) is 15.4. The molecule has 0 heterocycles. The average Bonchev–Trinajstić information content (AvgIpc) is 2.47. The maximum absolute atomic E-state index is 12.1. The van der Waals surface area contributed by atoms with Crippen LogP contribution < -0.4 is 5.32 Å². The first kappa shape index (κ1) is 14.2. The Morgan fingerprint density at radius 1 is 1.29 bits per heavy atom. The van der Waals surface area contributed by atoms with Crippen LogP contribution in [0, 0.1) is 28.4 Å². The monoisotopic (exact) mass is 281 g/mol. The first-order chi connectivity index (χ1) is 10.0. The molecule has 6 nitrogen and oxygen atoms in total. The lowest BCUT2D eigenvalue weighted by Crippen LogP contribution is -2.12. The third-order valence-corrected chi connectivity index (χ3v) is 2.91. The van der Waals surface area contributed by atoms with E-state index in [-0.39, 0.29) is 11.6 Å². The maximum Gasteiger partial charge on any atom is 0.272 e. The molecule has 2 aromatic carbocycles. The van der Waals surface area contributed by atoms with E-state index in [9.17, 15) is 14.9 Å². The highest BCUT2D eigenvalue weighted by molar-refractivity contribution is 6.04. The van der Waals surface area contributed by atoms with Crippen LogP contribution in [0.25, 0.3) is 0 Å². The fourth-order valence-electron chi connectivity index (χ4n) is 1.87. The molecule has 0 fully saturated rings. The fraction of sp³-hybridized carbons (Fsp3) is 0.0667. The second-order valence-corrected chi connectivity index (χ2v) is 4.41. The van der Waals surface area contributed by atoms with E-state index in [0.29, 0.717) is 22.4 Å². The molecule has 0 bridgehead atoms. The summed E-state index contributed by atoms with van der Waals surface area (Å²) >= 11 is 0. The number of nitriles is 1. The molecule has 1 N–H and O–H groups in total. The van der Waals surface area contributed by atoms with Crippen LogP contribution >= 0.6 is 0 Å². The summed E-state index contributed by atoms with van der Waals surface area (Å²) in [6, 6.07) is 12.6. The zero-order valence-electron chi connectivity index (χ0n) is 11.2. The molecular formula is C15H11N3O3. The number of nitrogens with zero attached hydrogens (tertiary/aromatic N) is 2. The number of benzene rings is 2. The number of nitro groups is 1. The van der Waals surface area contributed by atoms with Gasteiger partial charge in [-0.3, -0.25) is 14.9 Å². The predicted molar refractivity (Wildman–Crippen MR) is 76.9 cm³/mol. The number of rotatable bonds is 3. The molecule has 0 aromatic heterocycles. The highest BCUT2D eigenvalue weighted by atomic mass is 16.6. The minimum absolute atomic E-state index is 0.000484. The average molecular weight is 281 g/mol. The number of carbonyl (C=O) groups excluding carboxylic acids is 1. The van der Waals surface area contributed by atoms with E-state index in [4.69, 9.17) is 5.26 Å². The summed E-state index contributed by atoms with van der Waals surface area (Å²) < 4.78 is 0. The molecule has 104 valence electrons. The van der Waals surface area contributed by atoms with E-state index in [2.05, 4.69) is 5.32 Å². The van der Waals surface area contributed by atoms with Gasteiger partial charge in [0.25, 0.3) is 11.6 Å². The maximum atomic E-state index is 12.1. The molecular weight excluding hydrogens is 270 g/mol. The van der Waals surface area contributed by atoms with Gasteiger partial charge in [0.05, 0.1) is 16.6 Å². The predicted octanol–water partition coefficient (Wildman–Crippen LogP) is 3.03. The van der Waals surface area contributed by atoms with Gasteiger partial charge in [0.1, 0.15) is 0 Å². The summed E-state index contributed by atoms with van der Waals surface area (Å²) in [5, 5.41) is 22.2. The number of hydrogen-bond donors (Lipinski definition) is 1. The summed E-state index contributed by atoms with van der Waals surface area (Å²) in [4.78, 5) is 22.3. The highest BCUT2D eigenvalue weighted by Crippen LogP contribution is 2.22. The Kier molecular flexibility index (Phi) is 3.95. The first-order valence-corrected chi connectivity index (χ1v) is 6.08. The van der Waals surface area contributed by atoms with Gasteiger partial charge in [-0.1, -0.05) is 6.07 Å². The second-order valence-electron chi connectivity index (χ2n) is 4.41. The molecule has 0 saturated carbocycles. The minimum atomic E-state index is -0.475. The Labute approximate surface area is 120 Å². The topological polar surface area (TPSA) is 96.0 Å². The Bertz CT molecular complexity index is 763. The van der Waals surface area contributed by atoms with Crippen LogP contribution in [0.1, 0.15) is 21.5 Å². The SMILES string of the molecule is Cc1cc(NC(=O)c2cccc(C#N)c2)ccc1[N+](=O)[O-]. The number of nitro benzene ring substituents is 1. The van der Waals surface area contributed by atoms with Crippen LogP contribution in [-0.4, -0.2) is 10.8 Å². The lowest BCUT2D eigenvalue weighted by molar-refractivity contribution is -0.385. The third kappa shape index (κ3) is 3.22. The lowest BCUT2D eigenvalue weighted by Gasteiger charge is -2.06. The van der Waals surface area contributed by atoms with Crippen LogP contribution in [0.4, 0.5) is 11.4 Å². The zero-order valence-corrected chi connectivity index (χ0v) is 11.2. The molecule has 0 radical (unpaired) electrons. The number of amides is 1. The van der Waals surface area contributed by atoms with E-state index < -0.39 is 4.92 Å². The van der Waals surface area contributed by atoms with Crippen molar-refractivity contribution in [2.45, 2.75) is 6.92 Å². The van der Waals surface area contributed by atoms with Crippen molar-refractivity contribution in [3.8, 4) is 6.07 Å². The Morgan fingerprint density at radius 2 is 2.05 bits per heavy atom. The van der Waals surface area contributed by atoms with Crippen LogP contribution in [-0.2, 0) is 0 Å². The molecule has 0 aliphatic heterocycles. The van der Waals surface area contributed by atoms with Crippen LogP contribution in [0.5, 0.6) is 0 Å². The number of anilines is 1. The van der Waals surface area contributed by atoms with Gasteiger partial charge in [-0.05, 0) is 37.3 Å². The van der Waals surface area contributed by atoms with E-state index in [1.54, 1.807) is 25.1 Å². The molecule has 0 unspecified atom stereocenters. The highest BCUT2D eigenvalue weighted by Gasteiger charge is 2.12. The van der Waals surface area contributed by atoms with Gasteiger partial charge in [0, 0.05) is 22.9 Å². The van der Waals surface area contributed by atoms with Gasteiger partial charge in [-0.15, -0.1) is 0 Å². The standard InChI is InChI=1S/C15H11N3O3/c1-10-7-13(5-6-14(10)18(20)21)17-15(19)12-4-2-3-11(8-12)9-16/h2-8H,1H3,(H,17,19). The molecule has 0 atom stereocenters. The third-order valence-electron chi connectivity index (χ3n) is 2.91. The van der Waals surface area contributed by atoms with E-state index >= 15 is 0 Å². The second kappa shape index (κ2) is 5.84. The summed E-state index contributed by atoms with van der Waals surface area (Å²) in [5.74, 6) is -0.375. The van der Waals surface area contributed by atoms with Crippen molar-refractivity contribution >= 4 is 17.3 Å². The van der Waals surface area contributed by atoms with Gasteiger partial charge >= 0.3 is 0 Å². The molecule has 2 rings (SSSR count). The number of carbonyl (C=O) groups is 1. The smallest absolute Gasteiger partial charge is 0.272 e. The largest absolute Gasteiger partial charge is 0.322 e. The molecule has 0 spiro atoms. The first-order valence-electron chi connectivity index (χ1n) is 6.08. The summed E-state index contributed by atoms with van der Waals surface area (Å²) in [7, 11) is 0. The Hall–Kier alpha value is -3.20. The molecule has 0 aliphatic rings. The lowest BCUT2D eigenvalue weighted by atomic mass is 10.1. The van der Waals surface area contributed by atoms with Crippen LogP contribution in [0.3, 0.4) is 0 Å². The number of nitrogens with one attached hydrogen (secondary N) is 1. The van der Waals surface area contributed by atoms with Crippen molar-refractivity contribution < 1.29 is 9.72 Å². The van der Waals surface area contributed by atoms with Crippen molar-refractivity contribution in [1.82, 2.24) is 0 Å². The van der Waals surface area contributed by atoms with Gasteiger partial charge in [0.15, 0.2) is 0 Å². The normalized spacial score (nSPS) is 9.71. The molecule has 1 amide bonds. The Morgan fingerprint density at radius 3 is 2.67 bits per heavy atom. The van der Waals surface area contributed by atoms with Gasteiger partial charge in [-0.2, -0.15) is 5.26 Å². The van der Waals surface area contributed by atoms with Crippen molar-refractivity contribution in [2.24, 2.45) is 0 Å². The van der Waals surface area contributed by atoms with Crippen LogP contribution in [0.15, 0.2) is 42.5 Å². The summed E-state index contributed by atoms with van der Waals surface area (Å²) in [5.41, 5.74) is 1.67. The fourth-order valence-corrected chi connectivity index (χ4v) is 1.87. The van der Waals surface area contributed by atoms with Crippen molar-refractivity contribution in [2.75, 3.05) is 5.32 Å². The molecule has 0 saturated heterocycles. The summed E-state index contributed by atoms with van der Waals surface area (Å²) in [6.45, 7) is 1.60. The molecule has 0 aliphatic carbocycles. The molecule has 21 heavy (non-hydrogen) atoms. The van der Waals surface area contributed by atoms with Crippen molar-refractivity contribution in [1.29, 1.82) is 5.26 Å². The van der Waals surface area contributed by atoms with E-state index in [0.717, 1.165) is 0 Å². The molecule has 2 aromatic rings. The summed E-state index contributed by atoms with van der Waals surface area (Å²) in [6.07, 6.45) is 0. The minimum Gasteiger partial charge on any atom is -0.322 e. The van der Waals surface area contributed by atoms with E-state index in [1.807, 2.05) is 6.07 Å². The number of hydrogen-bond acceptors (Lipinski definition) is 4. The Balaban J connectivity index is 2.22. The van der Waals surface area contributed by atoms with Gasteiger partial charge < -0.3 is 5.32 Å². The van der Waals surface area contributed by atoms with Crippen LogP contribution in [0.2, 0.25) is 0 Å². The van der Waals surface area contributed by atoms with Gasteiger partial charge in [0.2, 0.25) is 0 Å². The van der Waals surface area contributed by atoms with E-state index in [1.165, 1.54) is 24.3 Å². The van der Waals surface area contributed by atoms with Crippen molar-refractivity contribution in [3.05, 3.63) is 69.3 Å². The van der Waals surface area contributed by atoms with Crippen molar-refractivity contribution in [3.63, 3.8) is 0 Å².